The maximum atomic E-state index is 13.4. The average molecular weight is 424 g/mol. The summed E-state index contributed by atoms with van der Waals surface area (Å²) < 4.78 is 2.40. The first-order valence-electron chi connectivity index (χ1n) is 9.05. The molecule has 4 nitrogen and oxygen atoms in total. The fourth-order valence-corrected chi connectivity index (χ4v) is 5.26. The second-order valence-corrected chi connectivity index (χ2v) is 8.68. The van der Waals surface area contributed by atoms with E-state index < -0.39 is 11.1 Å². The van der Waals surface area contributed by atoms with Crippen LogP contribution in [0.3, 0.4) is 0 Å². The molecule has 0 spiro atoms. The van der Waals surface area contributed by atoms with Gasteiger partial charge in [-0.15, -0.1) is 0 Å². The lowest BCUT2D eigenvalue weighted by Gasteiger charge is -2.32. The van der Waals surface area contributed by atoms with Crippen LogP contribution in [-0.2, 0) is 16.9 Å². The van der Waals surface area contributed by atoms with Crippen LogP contribution < -0.4 is 5.56 Å². The van der Waals surface area contributed by atoms with Crippen LogP contribution in [-0.4, -0.2) is 15.5 Å². The van der Waals surface area contributed by atoms with Gasteiger partial charge in [0.15, 0.2) is 5.72 Å². The van der Waals surface area contributed by atoms with Crippen molar-refractivity contribution < 1.29 is 9.90 Å². The molecule has 3 aromatic rings. The number of fused-ring (bicyclic) bond motifs is 4. The van der Waals surface area contributed by atoms with E-state index in [-0.39, 0.29) is 17.8 Å². The van der Waals surface area contributed by atoms with Crippen LogP contribution >= 0.6 is 15.9 Å². The number of hydrogen-bond donors (Lipinski definition) is 1. The molecule has 2 aliphatic rings. The van der Waals surface area contributed by atoms with Gasteiger partial charge < -0.3 is 5.11 Å². The number of aliphatic hydroxyl groups is 1. The molecule has 136 valence electrons. The molecule has 1 N–H and O–H groups in total. The van der Waals surface area contributed by atoms with E-state index >= 15 is 0 Å². The Balaban J connectivity index is 1.98. The first-order valence-corrected chi connectivity index (χ1v) is 9.85. The number of carbonyl (C=O) groups excluding carboxylic acids is 1. The molecular formula is C22H18BrNO3. The summed E-state index contributed by atoms with van der Waals surface area (Å²) in [5.74, 6) is 0.0253. The van der Waals surface area contributed by atoms with Crippen LogP contribution in [0, 0.1) is 5.41 Å². The molecule has 5 heteroatoms. The van der Waals surface area contributed by atoms with Gasteiger partial charge in [-0.3, -0.25) is 14.2 Å². The lowest BCUT2D eigenvalue weighted by atomic mass is 9.79. The molecule has 1 aliphatic heterocycles. The second kappa shape index (κ2) is 5.40. The van der Waals surface area contributed by atoms with E-state index in [1.165, 1.54) is 4.57 Å². The van der Waals surface area contributed by atoms with E-state index in [1.807, 2.05) is 42.5 Å². The van der Waals surface area contributed by atoms with Gasteiger partial charge in [0.05, 0.1) is 5.41 Å². The first-order chi connectivity index (χ1) is 12.9. The third-order valence-corrected chi connectivity index (χ3v) is 6.89. The molecule has 2 aromatic carbocycles. The molecule has 0 radical (unpaired) electrons. The maximum Gasteiger partial charge on any atom is 0.261 e. The number of halogens is 1. The van der Waals surface area contributed by atoms with Gasteiger partial charge in [0.2, 0.25) is 0 Å². The van der Waals surface area contributed by atoms with Gasteiger partial charge in [-0.25, -0.2) is 0 Å². The van der Waals surface area contributed by atoms with Crippen LogP contribution in [0.2, 0.25) is 0 Å². The number of rotatable bonds is 1. The van der Waals surface area contributed by atoms with Crippen LogP contribution in [0.15, 0.2) is 57.8 Å². The van der Waals surface area contributed by atoms with Crippen molar-refractivity contribution in [3.63, 3.8) is 0 Å². The summed E-state index contributed by atoms with van der Waals surface area (Å²) in [6.45, 7) is 1.80. The van der Waals surface area contributed by atoms with E-state index in [0.717, 1.165) is 26.7 Å². The van der Waals surface area contributed by atoms with E-state index in [1.54, 1.807) is 13.0 Å². The third kappa shape index (κ3) is 2.01. The Labute approximate surface area is 164 Å². The van der Waals surface area contributed by atoms with Gasteiger partial charge in [0.1, 0.15) is 5.78 Å². The largest absolute Gasteiger partial charge is 0.369 e. The number of carbonyl (C=O) groups is 1. The highest BCUT2D eigenvalue weighted by atomic mass is 79.9. The molecule has 2 atom stereocenters. The first kappa shape index (κ1) is 16.9. The third-order valence-electron chi connectivity index (χ3n) is 6.40. The molecule has 0 amide bonds. The molecule has 1 saturated carbocycles. The second-order valence-electron chi connectivity index (χ2n) is 7.77. The number of aromatic nitrogens is 1. The quantitative estimate of drug-likeness (QED) is 0.643. The number of hydrogen-bond acceptors (Lipinski definition) is 3. The van der Waals surface area contributed by atoms with Crippen molar-refractivity contribution in [3.8, 4) is 11.1 Å². The predicted octanol–water partition coefficient (Wildman–Crippen LogP) is 4.00. The number of ketones is 1. The van der Waals surface area contributed by atoms with Gasteiger partial charge in [-0.05, 0) is 36.1 Å². The topological polar surface area (TPSA) is 59.3 Å². The summed E-state index contributed by atoms with van der Waals surface area (Å²) in [6, 6.07) is 15.4. The average Bonchev–Trinajstić information content (AvgIpc) is 3.02. The molecule has 0 unspecified atom stereocenters. The molecule has 27 heavy (non-hydrogen) atoms. The predicted molar refractivity (Wildman–Crippen MR) is 108 cm³/mol. The Morgan fingerprint density at radius 2 is 1.81 bits per heavy atom. The zero-order chi connectivity index (χ0) is 19.0. The Kier molecular flexibility index (Phi) is 3.38. The minimum Gasteiger partial charge on any atom is -0.369 e. The lowest BCUT2D eigenvalue weighted by Crippen LogP contribution is -2.47. The summed E-state index contributed by atoms with van der Waals surface area (Å²) in [5.41, 5.74) is -0.00577. The van der Waals surface area contributed by atoms with Crippen LogP contribution in [0.1, 0.15) is 25.5 Å². The van der Waals surface area contributed by atoms with Gasteiger partial charge in [0.25, 0.3) is 5.56 Å². The normalized spacial score (nSPS) is 26.4. The number of Topliss-reactive ketones (excluding diaryl/α,β-unsaturated/α-hetero) is 1. The van der Waals surface area contributed by atoms with Crippen molar-refractivity contribution in [2.45, 2.75) is 31.9 Å². The van der Waals surface area contributed by atoms with Gasteiger partial charge >= 0.3 is 0 Å². The van der Waals surface area contributed by atoms with Crippen molar-refractivity contribution >= 4 is 32.5 Å². The fraction of sp³-hybridized carbons (Fsp3) is 0.273. The Hall–Kier alpha value is -2.24. The summed E-state index contributed by atoms with van der Waals surface area (Å²) in [7, 11) is 0. The monoisotopic (exact) mass is 423 g/mol. The van der Waals surface area contributed by atoms with E-state index in [9.17, 15) is 14.7 Å². The highest BCUT2D eigenvalue weighted by Crippen LogP contribution is 2.55. The molecule has 5 rings (SSSR count). The Morgan fingerprint density at radius 3 is 2.56 bits per heavy atom. The molecule has 0 saturated heterocycles. The molecule has 0 bridgehead atoms. The van der Waals surface area contributed by atoms with E-state index in [2.05, 4.69) is 15.9 Å². The smallest absolute Gasteiger partial charge is 0.261 e. The molecule has 1 fully saturated rings. The fourth-order valence-electron chi connectivity index (χ4n) is 4.90. The summed E-state index contributed by atoms with van der Waals surface area (Å²) in [6.07, 6.45) is 0.952. The summed E-state index contributed by atoms with van der Waals surface area (Å²) in [5, 5.41) is 12.9. The highest BCUT2D eigenvalue weighted by molar-refractivity contribution is 9.10. The van der Waals surface area contributed by atoms with Gasteiger partial charge in [0, 0.05) is 40.4 Å². The number of pyridine rings is 1. The van der Waals surface area contributed by atoms with Crippen molar-refractivity contribution in [1.29, 1.82) is 0 Å². The van der Waals surface area contributed by atoms with Crippen LogP contribution in [0.5, 0.6) is 0 Å². The van der Waals surface area contributed by atoms with E-state index in [4.69, 9.17) is 0 Å². The highest BCUT2D eigenvalue weighted by Gasteiger charge is 2.63. The standard InChI is InChI=1S/C22H18BrNO3/c1-21-12-17-19(13-5-3-2-4-6-13)16-11-14(23)7-8-15(16)20(26)24(17)22(21,27)10-9-18(21)25/h2-8,11,27H,9-10,12H2,1H3/t21-,22-/m0/s1. The van der Waals surface area contributed by atoms with Crippen LogP contribution in [0.25, 0.3) is 21.9 Å². The minimum absolute atomic E-state index is 0.0253. The molecule has 1 aliphatic carbocycles. The number of nitrogens with zero attached hydrogens (tertiary/aromatic N) is 1. The molecule has 1 aromatic heterocycles. The van der Waals surface area contributed by atoms with E-state index in [0.29, 0.717) is 18.2 Å². The number of benzene rings is 2. The summed E-state index contributed by atoms with van der Waals surface area (Å²) in [4.78, 5) is 26.1. The van der Waals surface area contributed by atoms with Crippen molar-refractivity contribution in [2.24, 2.45) is 5.41 Å². The molecule has 2 heterocycles. The van der Waals surface area contributed by atoms with Crippen molar-refractivity contribution in [1.82, 2.24) is 4.57 Å². The van der Waals surface area contributed by atoms with Crippen molar-refractivity contribution in [3.05, 3.63) is 69.1 Å². The zero-order valence-corrected chi connectivity index (χ0v) is 16.4. The van der Waals surface area contributed by atoms with Gasteiger partial charge in [-0.2, -0.15) is 0 Å². The lowest BCUT2D eigenvalue weighted by molar-refractivity contribution is -0.142. The molecular weight excluding hydrogens is 406 g/mol. The van der Waals surface area contributed by atoms with Crippen molar-refractivity contribution in [2.75, 3.05) is 0 Å². The maximum absolute atomic E-state index is 13.4. The Morgan fingerprint density at radius 1 is 1.07 bits per heavy atom. The minimum atomic E-state index is -1.46. The van der Waals surface area contributed by atoms with Crippen LogP contribution in [0.4, 0.5) is 0 Å². The SMILES string of the molecule is C[C@@]12Cc3c(-c4ccccc4)c4cc(Br)ccc4c(=O)n3[C@]1(O)CCC2=O. The summed E-state index contributed by atoms with van der Waals surface area (Å²) >= 11 is 3.51. The van der Waals surface area contributed by atoms with Gasteiger partial charge in [-0.1, -0.05) is 46.3 Å². The zero-order valence-electron chi connectivity index (χ0n) is 14.8. The Bertz CT molecular complexity index is 1180.